The highest BCUT2D eigenvalue weighted by molar-refractivity contribution is 5.69. The average Bonchev–Trinajstić information content (AvgIpc) is 2.44. The van der Waals surface area contributed by atoms with Gasteiger partial charge in [0.25, 0.3) is 0 Å². The Balaban J connectivity index is 2.44. The van der Waals surface area contributed by atoms with E-state index < -0.39 is 17.6 Å². The van der Waals surface area contributed by atoms with E-state index in [4.69, 9.17) is 9.84 Å². The molecule has 1 aromatic rings. The first-order valence-electron chi connectivity index (χ1n) is 6.66. The number of hydrogen-bond donors (Lipinski definition) is 2. The van der Waals surface area contributed by atoms with Crippen LogP contribution < -0.4 is 5.32 Å². The van der Waals surface area contributed by atoms with E-state index in [1.54, 1.807) is 0 Å². The van der Waals surface area contributed by atoms with Gasteiger partial charge in [-0.2, -0.15) is 0 Å². The molecule has 0 aliphatic heterocycles. The van der Waals surface area contributed by atoms with E-state index in [9.17, 15) is 9.59 Å². The second kappa shape index (κ2) is 7.53. The van der Waals surface area contributed by atoms with Gasteiger partial charge in [0.15, 0.2) is 0 Å². The van der Waals surface area contributed by atoms with Crippen LogP contribution in [-0.4, -0.2) is 22.7 Å². The van der Waals surface area contributed by atoms with Crippen molar-refractivity contribution in [3.63, 3.8) is 0 Å². The van der Waals surface area contributed by atoms with E-state index in [1.165, 1.54) is 0 Å². The van der Waals surface area contributed by atoms with Crippen LogP contribution in [0.25, 0.3) is 0 Å². The van der Waals surface area contributed by atoms with Crippen LogP contribution in [0.3, 0.4) is 0 Å². The molecule has 0 aliphatic carbocycles. The summed E-state index contributed by atoms with van der Waals surface area (Å²) in [5.74, 6) is -0.871. The summed E-state index contributed by atoms with van der Waals surface area (Å²) in [5, 5.41) is 11.5. The standard InChI is InChI=1S/C15H21NO4/c1-3-15(2,10-9-13(17)18)16-14(19)20-11-12-7-5-4-6-8-12/h4-8H,3,9-11H2,1-2H3,(H,16,19)(H,17,18). The summed E-state index contributed by atoms with van der Waals surface area (Å²) in [6.07, 6.45) is 0.507. The third-order valence-electron chi connectivity index (χ3n) is 3.29. The van der Waals surface area contributed by atoms with Crippen LogP contribution in [0.5, 0.6) is 0 Å². The normalized spacial score (nSPS) is 13.3. The van der Waals surface area contributed by atoms with Crippen molar-refractivity contribution in [3.05, 3.63) is 35.9 Å². The summed E-state index contributed by atoms with van der Waals surface area (Å²) in [7, 11) is 0. The molecule has 1 rings (SSSR count). The van der Waals surface area contributed by atoms with Crippen LogP contribution in [-0.2, 0) is 16.1 Å². The van der Waals surface area contributed by atoms with E-state index >= 15 is 0 Å². The molecule has 0 aliphatic rings. The average molecular weight is 279 g/mol. The highest BCUT2D eigenvalue weighted by Gasteiger charge is 2.25. The molecule has 5 heteroatoms. The Morgan fingerprint density at radius 3 is 2.50 bits per heavy atom. The van der Waals surface area contributed by atoms with Crippen molar-refractivity contribution in [1.82, 2.24) is 5.32 Å². The zero-order valence-corrected chi connectivity index (χ0v) is 11.9. The molecule has 0 bridgehead atoms. The third kappa shape index (κ3) is 5.73. The number of carbonyl (C=O) groups excluding carboxylic acids is 1. The largest absolute Gasteiger partial charge is 0.481 e. The molecule has 1 atom stereocenters. The van der Waals surface area contributed by atoms with Gasteiger partial charge in [0.05, 0.1) is 0 Å². The van der Waals surface area contributed by atoms with Crippen molar-refractivity contribution in [3.8, 4) is 0 Å². The number of aliphatic carboxylic acids is 1. The lowest BCUT2D eigenvalue weighted by Gasteiger charge is -2.28. The Morgan fingerprint density at radius 1 is 1.30 bits per heavy atom. The molecule has 0 aromatic heterocycles. The van der Waals surface area contributed by atoms with Crippen molar-refractivity contribution >= 4 is 12.1 Å². The lowest BCUT2D eigenvalue weighted by molar-refractivity contribution is -0.137. The van der Waals surface area contributed by atoms with Gasteiger partial charge in [-0.05, 0) is 25.3 Å². The molecule has 0 heterocycles. The highest BCUT2D eigenvalue weighted by Crippen LogP contribution is 2.17. The first-order chi connectivity index (χ1) is 9.45. The second-order valence-corrected chi connectivity index (χ2v) is 4.99. The fourth-order valence-corrected chi connectivity index (χ4v) is 1.72. The lowest BCUT2D eigenvalue weighted by atomic mass is 9.93. The molecule has 0 saturated heterocycles. The number of benzene rings is 1. The number of hydrogen-bond acceptors (Lipinski definition) is 3. The Bertz CT molecular complexity index is 446. The Kier molecular flexibility index (Phi) is 6.03. The van der Waals surface area contributed by atoms with Crippen LogP contribution in [0.1, 0.15) is 38.7 Å². The predicted molar refractivity (Wildman–Crippen MR) is 75.3 cm³/mol. The lowest BCUT2D eigenvalue weighted by Crippen LogP contribution is -2.46. The maximum absolute atomic E-state index is 11.8. The third-order valence-corrected chi connectivity index (χ3v) is 3.29. The first-order valence-corrected chi connectivity index (χ1v) is 6.66. The molecule has 1 aromatic carbocycles. The van der Waals surface area contributed by atoms with Gasteiger partial charge >= 0.3 is 12.1 Å². The van der Waals surface area contributed by atoms with Crippen LogP contribution in [0, 0.1) is 0 Å². The number of amides is 1. The van der Waals surface area contributed by atoms with Crippen molar-refractivity contribution < 1.29 is 19.4 Å². The van der Waals surface area contributed by atoms with E-state index in [2.05, 4.69) is 5.32 Å². The molecular formula is C15H21NO4. The second-order valence-electron chi connectivity index (χ2n) is 4.99. The topological polar surface area (TPSA) is 75.6 Å². The number of ether oxygens (including phenoxy) is 1. The van der Waals surface area contributed by atoms with Gasteiger partial charge in [-0.1, -0.05) is 37.3 Å². The summed E-state index contributed by atoms with van der Waals surface area (Å²) in [5.41, 5.74) is 0.345. The van der Waals surface area contributed by atoms with Crippen molar-refractivity contribution in [2.24, 2.45) is 0 Å². The minimum Gasteiger partial charge on any atom is -0.481 e. The van der Waals surface area contributed by atoms with E-state index in [-0.39, 0.29) is 13.0 Å². The SMILES string of the molecule is CCC(C)(CCC(=O)O)NC(=O)OCc1ccccc1. The molecule has 1 unspecified atom stereocenters. The molecule has 2 N–H and O–H groups in total. The minimum atomic E-state index is -0.871. The number of carboxylic acids is 1. The number of carbonyl (C=O) groups is 2. The summed E-state index contributed by atoms with van der Waals surface area (Å²) < 4.78 is 5.13. The van der Waals surface area contributed by atoms with Crippen molar-refractivity contribution in [2.45, 2.75) is 45.3 Å². The van der Waals surface area contributed by atoms with Gasteiger partial charge in [-0.3, -0.25) is 4.79 Å². The summed E-state index contributed by atoms with van der Waals surface area (Å²) in [4.78, 5) is 22.4. The highest BCUT2D eigenvalue weighted by atomic mass is 16.5. The van der Waals surface area contributed by atoms with Crippen LogP contribution >= 0.6 is 0 Å². The summed E-state index contributed by atoms with van der Waals surface area (Å²) >= 11 is 0. The van der Waals surface area contributed by atoms with E-state index in [0.717, 1.165) is 5.56 Å². The monoisotopic (exact) mass is 279 g/mol. The zero-order valence-electron chi connectivity index (χ0n) is 11.9. The maximum atomic E-state index is 11.8. The maximum Gasteiger partial charge on any atom is 0.407 e. The summed E-state index contributed by atoms with van der Waals surface area (Å²) in [6.45, 7) is 3.92. The van der Waals surface area contributed by atoms with Crippen LogP contribution in [0.2, 0.25) is 0 Å². The molecule has 0 fully saturated rings. The zero-order chi connectivity index (χ0) is 15.0. The molecular weight excluding hydrogens is 258 g/mol. The Labute approximate surface area is 118 Å². The number of nitrogens with one attached hydrogen (secondary N) is 1. The fourth-order valence-electron chi connectivity index (χ4n) is 1.72. The molecule has 5 nitrogen and oxygen atoms in total. The summed E-state index contributed by atoms with van der Waals surface area (Å²) in [6, 6.07) is 9.39. The van der Waals surface area contributed by atoms with Gasteiger partial charge in [0.1, 0.15) is 6.61 Å². The van der Waals surface area contributed by atoms with E-state index in [0.29, 0.717) is 12.8 Å². The Morgan fingerprint density at radius 2 is 1.95 bits per heavy atom. The number of carboxylic acid groups (broad SMARTS) is 1. The molecule has 0 radical (unpaired) electrons. The predicted octanol–water partition coefficient (Wildman–Crippen LogP) is 2.95. The smallest absolute Gasteiger partial charge is 0.407 e. The molecule has 0 saturated carbocycles. The molecule has 110 valence electrons. The van der Waals surface area contributed by atoms with Gasteiger partial charge in [0, 0.05) is 12.0 Å². The van der Waals surface area contributed by atoms with Crippen LogP contribution in [0.15, 0.2) is 30.3 Å². The molecule has 1 amide bonds. The number of rotatable bonds is 7. The van der Waals surface area contributed by atoms with E-state index in [1.807, 2.05) is 44.2 Å². The van der Waals surface area contributed by atoms with Crippen molar-refractivity contribution in [2.75, 3.05) is 0 Å². The quantitative estimate of drug-likeness (QED) is 0.804. The Hall–Kier alpha value is -2.04. The fraction of sp³-hybridized carbons (Fsp3) is 0.467. The number of alkyl carbamates (subject to hydrolysis) is 1. The van der Waals surface area contributed by atoms with Gasteiger partial charge < -0.3 is 15.2 Å². The van der Waals surface area contributed by atoms with Crippen molar-refractivity contribution in [1.29, 1.82) is 0 Å². The van der Waals surface area contributed by atoms with Crippen LogP contribution in [0.4, 0.5) is 4.79 Å². The molecule has 0 spiro atoms. The van der Waals surface area contributed by atoms with Gasteiger partial charge in [-0.15, -0.1) is 0 Å². The molecule has 20 heavy (non-hydrogen) atoms. The van der Waals surface area contributed by atoms with Gasteiger partial charge in [-0.25, -0.2) is 4.79 Å². The minimum absolute atomic E-state index is 0.0172. The first kappa shape index (κ1) is 16.0. The van der Waals surface area contributed by atoms with Gasteiger partial charge in [0.2, 0.25) is 0 Å².